The van der Waals surface area contributed by atoms with Crippen molar-refractivity contribution in [2.45, 2.75) is 30.0 Å². The maximum absolute atomic E-state index is 13.7. The van der Waals surface area contributed by atoms with E-state index in [0.717, 1.165) is 4.31 Å². The van der Waals surface area contributed by atoms with Gasteiger partial charge in [-0.05, 0) is 31.0 Å². The summed E-state index contributed by atoms with van der Waals surface area (Å²) in [4.78, 5) is -0.960. The first-order chi connectivity index (χ1) is 9.67. The number of nitrogens with two attached hydrogens (primary N) is 1. The van der Waals surface area contributed by atoms with Gasteiger partial charge in [0.25, 0.3) is 0 Å². The van der Waals surface area contributed by atoms with Crippen molar-refractivity contribution in [3.8, 4) is 0 Å². The number of hydrogen-bond donors (Lipinski definition) is 1. The van der Waals surface area contributed by atoms with Crippen LogP contribution in [-0.2, 0) is 16.2 Å². The second kappa shape index (κ2) is 5.54. The van der Waals surface area contributed by atoms with E-state index < -0.39 is 38.5 Å². The van der Waals surface area contributed by atoms with E-state index in [1.165, 1.54) is 0 Å². The standard InChI is InChI=1S/C12H14F4N2O2S/c13-10-4-3-8(12(14,15)16)6-11(10)21(19,20)18-5-1-2-9(18)7-17/h3-4,6,9H,1-2,5,7,17H2. The average Bonchev–Trinajstić information content (AvgIpc) is 2.86. The molecule has 0 amide bonds. The number of halogens is 4. The Morgan fingerprint density at radius 2 is 2.00 bits per heavy atom. The molecule has 2 N–H and O–H groups in total. The fourth-order valence-corrected chi connectivity index (χ4v) is 4.16. The molecule has 1 unspecified atom stereocenters. The Morgan fingerprint density at radius 3 is 2.57 bits per heavy atom. The van der Waals surface area contributed by atoms with E-state index in [1.54, 1.807) is 0 Å². The molecule has 1 aliphatic rings. The molecular formula is C12H14F4N2O2S. The van der Waals surface area contributed by atoms with E-state index in [0.29, 0.717) is 31.0 Å². The van der Waals surface area contributed by atoms with Crippen LogP contribution in [0.3, 0.4) is 0 Å². The molecule has 0 saturated carbocycles. The summed E-state index contributed by atoms with van der Waals surface area (Å²) >= 11 is 0. The van der Waals surface area contributed by atoms with Crippen LogP contribution in [0.2, 0.25) is 0 Å². The maximum atomic E-state index is 13.7. The molecule has 9 heteroatoms. The molecule has 4 nitrogen and oxygen atoms in total. The van der Waals surface area contributed by atoms with Crippen LogP contribution in [0.5, 0.6) is 0 Å². The van der Waals surface area contributed by atoms with Crippen LogP contribution < -0.4 is 5.73 Å². The van der Waals surface area contributed by atoms with Crippen LogP contribution in [0.15, 0.2) is 23.1 Å². The Balaban J connectivity index is 2.49. The summed E-state index contributed by atoms with van der Waals surface area (Å²) < 4.78 is 77.4. The smallest absolute Gasteiger partial charge is 0.329 e. The molecule has 1 aliphatic heterocycles. The number of alkyl halides is 3. The third-order valence-electron chi connectivity index (χ3n) is 3.44. The fraction of sp³-hybridized carbons (Fsp3) is 0.500. The minimum atomic E-state index is -4.74. The molecule has 0 bridgehead atoms. The molecule has 0 spiro atoms. The van der Waals surface area contributed by atoms with Crippen molar-refractivity contribution >= 4 is 10.0 Å². The van der Waals surface area contributed by atoms with Gasteiger partial charge >= 0.3 is 6.18 Å². The van der Waals surface area contributed by atoms with Crippen LogP contribution in [0.25, 0.3) is 0 Å². The van der Waals surface area contributed by atoms with Gasteiger partial charge in [0.2, 0.25) is 10.0 Å². The van der Waals surface area contributed by atoms with Crippen molar-refractivity contribution in [3.05, 3.63) is 29.6 Å². The van der Waals surface area contributed by atoms with Crippen molar-refractivity contribution < 1.29 is 26.0 Å². The van der Waals surface area contributed by atoms with Crippen LogP contribution in [0.1, 0.15) is 18.4 Å². The van der Waals surface area contributed by atoms with Gasteiger partial charge in [0.05, 0.1) is 5.56 Å². The molecule has 0 radical (unpaired) electrons. The highest BCUT2D eigenvalue weighted by Crippen LogP contribution is 2.33. The molecule has 2 rings (SSSR count). The summed E-state index contributed by atoms with van der Waals surface area (Å²) in [6, 6.07) is 0.849. The molecule has 1 heterocycles. The van der Waals surface area contributed by atoms with Gasteiger partial charge in [-0.2, -0.15) is 17.5 Å². The highest BCUT2D eigenvalue weighted by molar-refractivity contribution is 7.89. The Labute approximate surface area is 119 Å². The van der Waals surface area contributed by atoms with E-state index in [4.69, 9.17) is 5.73 Å². The first-order valence-electron chi connectivity index (χ1n) is 6.26. The summed E-state index contributed by atoms with van der Waals surface area (Å²) in [6.45, 7) is 0.166. The molecule has 1 saturated heterocycles. The lowest BCUT2D eigenvalue weighted by molar-refractivity contribution is -0.137. The molecule has 1 aromatic rings. The summed E-state index contributed by atoms with van der Waals surface area (Å²) in [5, 5.41) is 0. The zero-order chi connectivity index (χ0) is 15.8. The molecule has 21 heavy (non-hydrogen) atoms. The third-order valence-corrected chi connectivity index (χ3v) is 5.41. The lowest BCUT2D eigenvalue weighted by Gasteiger charge is -2.23. The SMILES string of the molecule is NCC1CCCN1S(=O)(=O)c1cc(C(F)(F)F)ccc1F. The monoisotopic (exact) mass is 326 g/mol. The lowest BCUT2D eigenvalue weighted by atomic mass is 10.2. The largest absolute Gasteiger partial charge is 0.416 e. The van der Waals surface area contributed by atoms with Gasteiger partial charge in [0.1, 0.15) is 10.7 Å². The Bertz CT molecular complexity index is 631. The van der Waals surface area contributed by atoms with Gasteiger partial charge in [-0.3, -0.25) is 0 Å². The van der Waals surface area contributed by atoms with E-state index in [2.05, 4.69) is 0 Å². The fourth-order valence-electron chi connectivity index (χ4n) is 2.36. The molecule has 1 fully saturated rings. The quantitative estimate of drug-likeness (QED) is 0.864. The highest BCUT2D eigenvalue weighted by atomic mass is 32.2. The van der Waals surface area contributed by atoms with E-state index in [1.807, 2.05) is 0 Å². The third kappa shape index (κ3) is 3.04. The zero-order valence-corrected chi connectivity index (χ0v) is 11.7. The van der Waals surface area contributed by atoms with Gasteiger partial charge in [-0.1, -0.05) is 0 Å². The van der Waals surface area contributed by atoms with E-state index in [-0.39, 0.29) is 13.1 Å². The first kappa shape index (κ1) is 16.2. The van der Waals surface area contributed by atoms with Crippen LogP contribution >= 0.6 is 0 Å². The number of sulfonamides is 1. The average molecular weight is 326 g/mol. The van der Waals surface area contributed by atoms with E-state index >= 15 is 0 Å². The second-order valence-electron chi connectivity index (χ2n) is 4.79. The molecule has 118 valence electrons. The molecular weight excluding hydrogens is 312 g/mol. The van der Waals surface area contributed by atoms with Gasteiger partial charge in [-0.15, -0.1) is 0 Å². The number of hydrogen-bond acceptors (Lipinski definition) is 3. The Hall–Kier alpha value is -1.19. The normalized spacial score (nSPS) is 20.9. The lowest BCUT2D eigenvalue weighted by Crippen LogP contribution is -2.40. The van der Waals surface area contributed by atoms with E-state index in [9.17, 15) is 26.0 Å². The van der Waals surface area contributed by atoms with Crippen LogP contribution in [0.4, 0.5) is 17.6 Å². The van der Waals surface area contributed by atoms with Gasteiger partial charge < -0.3 is 5.73 Å². The van der Waals surface area contributed by atoms with Gasteiger partial charge in [-0.25, -0.2) is 12.8 Å². The minimum absolute atomic E-state index is 0.0415. The zero-order valence-electron chi connectivity index (χ0n) is 10.9. The van der Waals surface area contributed by atoms with Crippen molar-refractivity contribution in [2.75, 3.05) is 13.1 Å². The van der Waals surface area contributed by atoms with Crippen LogP contribution in [0, 0.1) is 5.82 Å². The van der Waals surface area contributed by atoms with Crippen molar-refractivity contribution in [3.63, 3.8) is 0 Å². The molecule has 1 atom stereocenters. The van der Waals surface area contributed by atoms with Crippen LogP contribution in [-0.4, -0.2) is 31.9 Å². The summed E-state index contributed by atoms with van der Waals surface area (Å²) in [6.07, 6.45) is -3.69. The summed E-state index contributed by atoms with van der Waals surface area (Å²) in [5.41, 5.74) is 4.25. The molecule has 0 aromatic heterocycles. The number of benzene rings is 1. The molecule has 1 aromatic carbocycles. The highest BCUT2D eigenvalue weighted by Gasteiger charge is 2.38. The summed E-state index contributed by atoms with van der Waals surface area (Å²) in [7, 11) is -4.34. The van der Waals surface area contributed by atoms with Crippen molar-refractivity contribution in [2.24, 2.45) is 5.73 Å². The van der Waals surface area contributed by atoms with Gasteiger partial charge in [0, 0.05) is 19.1 Å². The summed E-state index contributed by atoms with van der Waals surface area (Å²) in [5.74, 6) is -1.20. The first-order valence-corrected chi connectivity index (χ1v) is 7.70. The van der Waals surface area contributed by atoms with Gasteiger partial charge in [0.15, 0.2) is 0 Å². The molecule has 0 aliphatic carbocycles. The Kier molecular flexibility index (Phi) is 4.27. The minimum Gasteiger partial charge on any atom is -0.329 e. The Morgan fingerprint density at radius 1 is 1.33 bits per heavy atom. The topological polar surface area (TPSA) is 63.4 Å². The number of rotatable bonds is 3. The number of nitrogens with zero attached hydrogens (tertiary/aromatic N) is 1. The predicted molar refractivity (Wildman–Crippen MR) is 67.4 cm³/mol. The predicted octanol–water partition coefficient (Wildman–Crippen LogP) is 1.96. The van der Waals surface area contributed by atoms with Crippen molar-refractivity contribution in [1.82, 2.24) is 4.31 Å². The second-order valence-corrected chi connectivity index (χ2v) is 6.65. The maximum Gasteiger partial charge on any atom is 0.416 e. The van der Waals surface area contributed by atoms with Crippen molar-refractivity contribution in [1.29, 1.82) is 0 Å².